The van der Waals surface area contributed by atoms with Gasteiger partial charge in [0.05, 0.1) is 41.1 Å². The van der Waals surface area contributed by atoms with Gasteiger partial charge in [-0.2, -0.15) is 13.2 Å². The molecule has 0 radical (unpaired) electrons. The van der Waals surface area contributed by atoms with Gasteiger partial charge in [-0.3, -0.25) is 0 Å². The molecule has 29 heavy (non-hydrogen) atoms. The number of nitrogen functional groups attached to an aromatic ring is 1. The van der Waals surface area contributed by atoms with E-state index in [0.717, 1.165) is 0 Å². The van der Waals surface area contributed by atoms with Crippen LogP contribution in [0.1, 0.15) is 11.3 Å². The Morgan fingerprint density at radius 1 is 1.38 bits per heavy atom. The quantitative estimate of drug-likeness (QED) is 0.639. The molecule has 0 aliphatic carbocycles. The minimum absolute atomic E-state index is 0. The molecule has 7 nitrogen and oxygen atoms in total. The highest BCUT2D eigenvalue weighted by Gasteiger charge is 2.32. The molecule has 13 heteroatoms. The topological polar surface area (TPSA) is 93.4 Å². The largest absolute Gasteiger partial charge is 0.496 e. The van der Waals surface area contributed by atoms with Gasteiger partial charge < -0.3 is 20.7 Å². The average molecular weight is 517 g/mol. The van der Waals surface area contributed by atoms with Gasteiger partial charge in [-0.1, -0.05) is 11.6 Å². The minimum atomic E-state index is -4.50. The van der Waals surface area contributed by atoms with Crippen molar-refractivity contribution in [3.63, 3.8) is 0 Å². The van der Waals surface area contributed by atoms with E-state index in [1.165, 1.54) is 12.0 Å². The van der Waals surface area contributed by atoms with Gasteiger partial charge in [-0.05, 0) is 28.1 Å². The van der Waals surface area contributed by atoms with Crippen LogP contribution in [0.25, 0.3) is 11.3 Å². The van der Waals surface area contributed by atoms with Crippen LogP contribution in [-0.4, -0.2) is 40.7 Å². The van der Waals surface area contributed by atoms with Crippen LogP contribution >= 0.6 is 39.9 Å². The van der Waals surface area contributed by atoms with Crippen LogP contribution in [0.15, 0.2) is 16.6 Å². The first-order valence-corrected chi connectivity index (χ1v) is 9.04. The molecule has 0 unspecified atom stereocenters. The number of benzene rings is 1. The molecule has 2 amide bonds. The van der Waals surface area contributed by atoms with Crippen LogP contribution < -0.4 is 15.8 Å². The lowest BCUT2D eigenvalue weighted by atomic mass is 10.1. The third-order valence-electron chi connectivity index (χ3n) is 4.02. The van der Waals surface area contributed by atoms with Crippen LogP contribution in [0, 0.1) is 0 Å². The fourth-order valence-corrected chi connectivity index (χ4v) is 3.69. The SMILES string of the molecule is COc1cc(-c2nc(N)nc3c2CN(C(=O)NCC(F)(F)F)C3)c(Cl)cc1Br.Cl. The van der Waals surface area contributed by atoms with Crippen LogP contribution in [0.5, 0.6) is 5.75 Å². The number of amides is 2. The summed E-state index contributed by atoms with van der Waals surface area (Å²) in [5, 5.41) is 2.20. The Labute approximate surface area is 183 Å². The molecule has 2 aromatic rings. The van der Waals surface area contributed by atoms with E-state index in [1.54, 1.807) is 12.1 Å². The third kappa shape index (κ3) is 5.14. The molecule has 0 saturated heterocycles. The molecular weight excluding hydrogens is 502 g/mol. The highest BCUT2D eigenvalue weighted by atomic mass is 79.9. The van der Waals surface area contributed by atoms with Gasteiger partial charge in [0, 0.05) is 11.1 Å². The second kappa shape index (κ2) is 8.80. The van der Waals surface area contributed by atoms with Crippen LogP contribution in [-0.2, 0) is 13.1 Å². The van der Waals surface area contributed by atoms with E-state index < -0.39 is 18.8 Å². The number of alkyl halides is 3. The summed E-state index contributed by atoms with van der Waals surface area (Å²) in [6.07, 6.45) is -4.50. The van der Waals surface area contributed by atoms with Gasteiger partial charge in [-0.15, -0.1) is 12.4 Å². The molecule has 1 aliphatic rings. The number of anilines is 1. The summed E-state index contributed by atoms with van der Waals surface area (Å²) in [5.74, 6) is 0.465. The molecule has 0 atom stereocenters. The Morgan fingerprint density at radius 3 is 2.69 bits per heavy atom. The number of urea groups is 1. The number of carbonyl (C=O) groups is 1. The lowest BCUT2D eigenvalue weighted by molar-refractivity contribution is -0.123. The standard InChI is InChI=1S/C16H14BrClF3N5O2.ClH/c1-28-12-2-7(10(18)3-9(12)17)13-8-4-26(5-11(8)24-14(22)25-13)15(27)23-6-16(19,20)21;/h2-3H,4-6H2,1H3,(H,23,27)(H2,22,24,25);1H. The summed E-state index contributed by atoms with van der Waals surface area (Å²) in [7, 11) is 1.49. The monoisotopic (exact) mass is 515 g/mol. The van der Waals surface area contributed by atoms with Crippen LogP contribution in [0.2, 0.25) is 5.02 Å². The summed E-state index contributed by atoms with van der Waals surface area (Å²) in [6, 6.07) is 2.42. The number of carbonyl (C=O) groups excluding carboxylic acids is 1. The number of rotatable bonds is 3. The maximum atomic E-state index is 12.4. The van der Waals surface area contributed by atoms with Gasteiger partial charge >= 0.3 is 12.2 Å². The van der Waals surface area contributed by atoms with Crippen molar-refractivity contribution < 1.29 is 22.7 Å². The Balaban J connectivity index is 0.00000300. The minimum Gasteiger partial charge on any atom is -0.496 e. The summed E-state index contributed by atoms with van der Waals surface area (Å²) < 4.78 is 43.0. The zero-order valence-corrected chi connectivity index (χ0v) is 18.0. The van der Waals surface area contributed by atoms with Crippen molar-refractivity contribution in [1.29, 1.82) is 0 Å². The summed E-state index contributed by atoms with van der Waals surface area (Å²) >= 11 is 9.67. The smallest absolute Gasteiger partial charge is 0.405 e. The number of nitrogens with zero attached hydrogens (tertiary/aromatic N) is 3. The number of hydrogen-bond acceptors (Lipinski definition) is 5. The zero-order valence-electron chi connectivity index (χ0n) is 14.8. The highest BCUT2D eigenvalue weighted by Crippen LogP contribution is 2.39. The van der Waals surface area contributed by atoms with Crippen molar-refractivity contribution in [2.75, 3.05) is 19.4 Å². The second-order valence-corrected chi connectivity index (χ2v) is 7.21. The number of hydrogen-bond donors (Lipinski definition) is 2. The van der Waals surface area contributed by atoms with Gasteiger partial charge in [0.15, 0.2) is 0 Å². The molecular formula is C16H15BrCl2F3N5O2. The molecule has 0 saturated carbocycles. The number of fused-ring (bicyclic) bond motifs is 1. The number of halogens is 6. The Hall–Kier alpha value is -1.98. The number of aromatic nitrogens is 2. The van der Waals surface area contributed by atoms with E-state index in [0.29, 0.717) is 37.8 Å². The first-order valence-electron chi connectivity index (χ1n) is 7.87. The second-order valence-electron chi connectivity index (χ2n) is 5.95. The average Bonchev–Trinajstić information content (AvgIpc) is 3.02. The van der Waals surface area contributed by atoms with E-state index >= 15 is 0 Å². The first kappa shape index (κ1) is 23.3. The van der Waals surface area contributed by atoms with E-state index in [4.69, 9.17) is 22.1 Å². The van der Waals surface area contributed by atoms with Crippen molar-refractivity contribution in [2.24, 2.45) is 0 Å². The van der Waals surface area contributed by atoms with Crippen molar-refractivity contribution in [1.82, 2.24) is 20.2 Å². The van der Waals surface area contributed by atoms with Crippen molar-refractivity contribution in [2.45, 2.75) is 19.3 Å². The number of nitrogens with two attached hydrogens (primary N) is 1. The molecule has 2 heterocycles. The molecule has 1 aromatic carbocycles. The fraction of sp³-hybridized carbons (Fsp3) is 0.312. The predicted molar refractivity (Wildman–Crippen MR) is 107 cm³/mol. The van der Waals surface area contributed by atoms with Crippen LogP contribution in [0.3, 0.4) is 0 Å². The molecule has 1 aliphatic heterocycles. The molecule has 3 rings (SSSR count). The highest BCUT2D eigenvalue weighted by molar-refractivity contribution is 9.10. The van der Waals surface area contributed by atoms with Gasteiger partial charge in [0.1, 0.15) is 12.3 Å². The third-order valence-corrected chi connectivity index (χ3v) is 4.96. The number of nitrogens with one attached hydrogen (secondary N) is 1. The summed E-state index contributed by atoms with van der Waals surface area (Å²) in [4.78, 5) is 21.6. The van der Waals surface area contributed by atoms with Crippen LogP contribution in [0.4, 0.5) is 23.9 Å². The Morgan fingerprint density at radius 2 is 2.07 bits per heavy atom. The molecule has 0 fully saturated rings. The van der Waals surface area contributed by atoms with Gasteiger partial charge in [0.2, 0.25) is 5.95 Å². The maximum Gasteiger partial charge on any atom is 0.405 e. The fourth-order valence-electron chi connectivity index (χ4n) is 2.79. The lowest BCUT2D eigenvalue weighted by Gasteiger charge is -2.17. The summed E-state index contributed by atoms with van der Waals surface area (Å²) in [6.45, 7) is -1.40. The summed E-state index contributed by atoms with van der Waals surface area (Å²) in [5.41, 5.74) is 7.69. The van der Waals surface area contributed by atoms with Gasteiger partial charge in [-0.25, -0.2) is 14.8 Å². The Kier molecular flexibility index (Phi) is 7.07. The first-order chi connectivity index (χ1) is 13.1. The predicted octanol–water partition coefficient (Wildman–Crippen LogP) is 4.16. The molecule has 158 valence electrons. The van der Waals surface area contributed by atoms with Crippen molar-refractivity contribution in [3.05, 3.63) is 32.9 Å². The van der Waals surface area contributed by atoms with E-state index in [2.05, 4.69) is 25.9 Å². The molecule has 3 N–H and O–H groups in total. The maximum absolute atomic E-state index is 12.4. The lowest BCUT2D eigenvalue weighted by Crippen LogP contribution is -2.41. The van der Waals surface area contributed by atoms with Gasteiger partial charge in [0.25, 0.3) is 0 Å². The molecule has 1 aromatic heterocycles. The number of ether oxygens (including phenoxy) is 1. The zero-order chi connectivity index (χ0) is 20.6. The number of methoxy groups -OCH3 is 1. The van der Waals surface area contributed by atoms with E-state index in [-0.39, 0.29) is 31.4 Å². The molecule has 0 bridgehead atoms. The van der Waals surface area contributed by atoms with Crippen molar-refractivity contribution >= 4 is 51.9 Å². The van der Waals surface area contributed by atoms with Crippen molar-refractivity contribution in [3.8, 4) is 17.0 Å². The normalized spacial score (nSPS) is 13.0. The Bertz CT molecular complexity index is 946. The van der Waals surface area contributed by atoms with E-state index in [9.17, 15) is 18.0 Å². The molecule has 0 spiro atoms. The van der Waals surface area contributed by atoms with E-state index in [1.807, 2.05) is 5.32 Å².